The van der Waals surface area contributed by atoms with E-state index in [9.17, 15) is 19.4 Å². The van der Waals surface area contributed by atoms with Crippen molar-refractivity contribution >= 4 is 11.6 Å². The normalized spacial score (nSPS) is 19.7. The van der Waals surface area contributed by atoms with Crippen molar-refractivity contribution in [1.29, 1.82) is 0 Å². The summed E-state index contributed by atoms with van der Waals surface area (Å²) in [5.41, 5.74) is 2.11. The van der Waals surface area contributed by atoms with E-state index in [2.05, 4.69) is 4.90 Å². The molecule has 2 N–H and O–H groups in total. The molecular weight excluding hydrogens is 395 g/mol. The van der Waals surface area contributed by atoms with Gasteiger partial charge in [-0.2, -0.15) is 0 Å². The number of carbonyl (C=O) groups excluding carboxylic acids is 1. The first-order chi connectivity index (χ1) is 14.9. The molecule has 0 saturated carbocycles. The Morgan fingerprint density at radius 2 is 1.90 bits per heavy atom. The number of aliphatic hydroxyl groups is 2. The summed E-state index contributed by atoms with van der Waals surface area (Å²) in [6.07, 6.45) is 2.53. The lowest BCUT2D eigenvalue weighted by molar-refractivity contribution is -0.118. The van der Waals surface area contributed by atoms with Crippen LogP contribution in [0.1, 0.15) is 55.4 Å². The number of fused-ring (bicyclic) bond motifs is 1. The number of anilines is 1. The molecule has 0 bridgehead atoms. The van der Waals surface area contributed by atoms with Crippen LogP contribution in [0.2, 0.25) is 0 Å². The topological polar surface area (TPSA) is 64.0 Å². The summed E-state index contributed by atoms with van der Waals surface area (Å²) in [6.45, 7) is 4.27. The number of rotatable bonds is 5. The van der Waals surface area contributed by atoms with E-state index in [1.54, 1.807) is 18.2 Å². The summed E-state index contributed by atoms with van der Waals surface area (Å²) in [5, 5.41) is 21.8. The molecule has 5 nitrogen and oxygen atoms in total. The number of aliphatic hydroxyl groups excluding tert-OH is 1. The van der Waals surface area contributed by atoms with Crippen LogP contribution in [0.15, 0.2) is 42.5 Å². The predicted molar refractivity (Wildman–Crippen MR) is 118 cm³/mol. The highest BCUT2D eigenvalue weighted by atomic mass is 19.1. The van der Waals surface area contributed by atoms with Crippen molar-refractivity contribution in [3.05, 3.63) is 65.0 Å². The van der Waals surface area contributed by atoms with E-state index in [4.69, 9.17) is 0 Å². The van der Waals surface area contributed by atoms with Gasteiger partial charge in [0, 0.05) is 43.9 Å². The largest absolute Gasteiger partial charge is 0.387 e. The molecule has 2 heterocycles. The van der Waals surface area contributed by atoms with Gasteiger partial charge in [-0.25, -0.2) is 4.39 Å². The Morgan fingerprint density at radius 1 is 1.16 bits per heavy atom. The van der Waals surface area contributed by atoms with Crippen molar-refractivity contribution < 1.29 is 19.4 Å². The SMILES string of the molecule is CCC(=O)N1CCCc2cc([C@H](O)CN3CCC(O)(c4ccccc4F)CC3)ccc21. The van der Waals surface area contributed by atoms with E-state index >= 15 is 0 Å². The van der Waals surface area contributed by atoms with E-state index in [-0.39, 0.29) is 11.7 Å². The van der Waals surface area contributed by atoms with Gasteiger partial charge < -0.3 is 20.0 Å². The van der Waals surface area contributed by atoms with Crippen LogP contribution in [-0.4, -0.2) is 47.2 Å². The van der Waals surface area contributed by atoms with Crippen LogP contribution in [0.25, 0.3) is 0 Å². The molecule has 0 unspecified atom stereocenters. The molecule has 1 fully saturated rings. The molecule has 0 spiro atoms. The smallest absolute Gasteiger partial charge is 0.226 e. The van der Waals surface area contributed by atoms with E-state index in [1.807, 2.05) is 30.0 Å². The molecule has 6 heteroatoms. The van der Waals surface area contributed by atoms with Crippen molar-refractivity contribution in [3.8, 4) is 0 Å². The first-order valence-electron chi connectivity index (χ1n) is 11.2. The van der Waals surface area contributed by atoms with Crippen molar-refractivity contribution in [2.24, 2.45) is 0 Å². The van der Waals surface area contributed by atoms with Crippen LogP contribution in [0.5, 0.6) is 0 Å². The predicted octanol–water partition coefficient (Wildman–Crippen LogP) is 3.53. The number of halogens is 1. The Labute approximate surface area is 183 Å². The molecular formula is C25H31FN2O3. The zero-order chi connectivity index (χ0) is 22.0. The average molecular weight is 427 g/mol. The second kappa shape index (κ2) is 9.07. The minimum absolute atomic E-state index is 0.130. The number of piperidine rings is 1. The Hall–Kier alpha value is -2.28. The Bertz CT molecular complexity index is 940. The highest BCUT2D eigenvalue weighted by molar-refractivity contribution is 5.94. The highest BCUT2D eigenvalue weighted by Gasteiger charge is 2.36. The number of benzene rings is 2. The van der Waals surface area contributed by atoms with Crippen LogP contribution in [0.3, 0.4) is 0 Å². The van der Waals surface area contributed by atoms with E-state index < -0.39 is 11.7 Å². The van der Waals surface area contributed by atoms with Gasteiger partial charge in [0.1, 0.15) is 5.82 Å². The molecule has 31 heavy (non-hydrogen) atoms. The van der Waals surface area contributed by atoms with Crippen LogP contribution in [0, 0.1) is 5.82 Å². The van der Waals surface area contributed by atoms with E-state index in [1.165, 1.54) is 6.07 Å². The molecule has 0 radical (unpaired) electrons. The summed E-state index contributed by atoms with van der Waals surface area (Å²) in [4.78, 5) is 16.2. The molecule has 0 aromatic heterocycles. The van der Waals surface area contributed by atoms with Gasteiger partial charge in [-0.3, -0.25) is 4.79 Å². The summed E-state index contributed by atoms with van der Waals surface area (Å²) >= 11 is 0. The molecule has 2 aromatic rings. The third kappa shape index (κ3) is 4.52. The van der Waals surface area contributed by atoms with Gasteiger partial charge in [0.2, 0.25) is 5.91 Å². The second-order valence-electron chi connectivity index (χ2n) is 8.72. The third-order valence-corrected chi connectivity index (χ3v) is 6.70. The standard InChI is InChI=1S/C25H31FN2O3/c1-2-24(30)28-13-5-6-18-16-19(9-10-22(18)28)23(29)17-27-14-11-25(31,12-15-27)20-7-3-4-8-21(20)26/h3-4,7-10,16,23,29,31H,2,5-6,11-15,17H2,1H3/t23-/m1/s1. The Kier molecular flexibility index (Phi) is 6.42. The minimum atomic E-state index is -1.16. The summed E-state index contributed by atoms with van der Waals surface area (Å²) < 4.78 is 14.1. The van der Waals surface area contributed by atoms with Crippen LogP contribution >= 0.6 is 0 Å². The fourth-order valence-electron chi connectivity index (χ4n) is 4.84. The number of carbonyl (C=O) groups is 1. The number of nitrogens with zero attached hydrogens (tertiary/aromatic N) is 2. The monoisotopic (exact) mass is 426 g/mol. The number of hydrogen-bond donors (Lipinski definition) is 2. The van der Waals surface area contributed by atoms with Gasteiger partial charge >= 0.3 is 0 Å². The van der Waals surface area contributed by atoms with Crippen LogP contribution in [0.4, 0.5) is 10.1 Å². The van der Waals surface area contributed by atoms with Gasteiger partial charge in [-0.1, -0.05) is 37.3 Å². The zero-order valence-electron chi connectivity index (χ0n) is 18.1. The number of likely N-dealkylation sites (tertiary alicyclic amines) is 1. The van der Waals surface area contributed by atoms with E-state index in [0.717, 1.165) is 36.2 Å². The Morgan fingerprint density at radius 3 is 2.61 bits per heavy atom. The molecule has 1 atom stereocenters. The minimum Gasteiger partial charge on any atom is -0.387 e. The van der Waals surface area contributed by atoms with Crippen molar-refractivity contribution in [2.45, 2.75) is 50.7 Å². The maximum Gasteiger partial charge on any atom is 0.226 e. The molecule has 2 aliphatic heterocycles. The van der Waals surface area contributed by atoms with Gasteiger partial charge in [-0.05, 0) is 48.9 Å². The maximum atomic E-state index is 14.1. The van der Waals surface area contributed by atoms with Crippen molar-refractivity contribution in [3.63, 3.8) is 0 Å². The van der Waals surface area contributed by atoms with Crippen molar-refractivity contribution in [2.75, 3.05) is 31.1 Å². The molecule has 4 rings (SSSR count). The Balaban J connectivity index is 1.40. The second-order valence-corrected chi connectivity index (χ2v) is 8.72. The highest BCUT2D eigenvalue weighted by Crippen LogP contribution is 2.35. The molecule has 2 aliphatic rings. The quantitative estimate of drug-likeness (QED) is 0.768. The van der Waals surface area contributed by atoms with Crippen LogP contribution < -0.4 is 4.90 Å². The molecule has 0 aliphatic carbocycles. The van der Waals surface area contributed by atoms with Gasteiger partial charge in [0.25, 0.3) is 0 Å². The van der Waals surface area contributed by atoms with Crippen molar-refractivity contribution in [1.82, 2.24) is 4.90 Å². The number of hydrogen-bond acceptors (Lipinski definition) is 4. The fourth-order valence-corrected chi connectivity index (χ4v) is 4.84. The molecule has 1 saturated heterocycles. The van der Waals surface area contributed by atoms with E-state index in [0.29, 0.717) is 44.5 Å². The lowest BCUT2D eigenvalue weighted by Gasteiger charge is -2.39. The van der Waals surface area contributed by atoms with Gasteiger partial charge in [-0.15, -0.1) is 0 Å². The van der Waals surface area contributed by atoms with Gasteiger partial charge in [0.05, 0.1) is 11.7 Å². The summed E-state index contributed by atoms with van der Waals surface area (Å²) in [7, 11) is 0. The number of amides is 1. The number of β-amino-alcohol motifs (C(OH)–C–C–N with tert-alkyl or cyclic N) is 1. The van der Waals surface area contributed by atoms with Gasteiger partial charge in [0.15, 0.2) is 0 Å². The summed E-state index contributed by atoms with van der Waals surface area (Å²) in [6, 6.07) is 12.3. The summed E-state index contributed by atoms with van der Waals surface area (Å²) in [5.74, 6) is -0.243. The fraction of sp³-hybridized carbons (Fsp3) is 0.480. The third-order valence-electron chi connectivity index (χ3n) is 6.70. The first-order valence-corrected chi connectivity index (χ1v) is 11.2. The lowest BCUT2D eigenvalue weighted by atomic mass is 9.84. The zero-order valence-corrected chi connectivity index (χ0v) is 18.1. The molecule has 1 amide bonds. The molecule has 166 valence electrons. The lowest BCUT2D eigenvalue weighted by Crippen LogP contribution is -2.44. The maximum absolute atomic E-state index is 14.1. The number of aryl methyl sites for hydroxylation is 1. The molecule has 2 aromatic carbocycles. The first kappa shape index (κ1) is 21.9. The van der Waals surface area contributed by atoms with Crippen LogP contribution in [-0.2, 0) is 16.8 Å². The average Bonchev–Trinajstić information content (AvgIpc) is 2.79.